The molecule has 9 heteroatoms. The monoisotopic (exact) mass is 477 g/mol. The number of furan rings is 1. The summed E-state index contributed by atoms with van der Waals surface area (Å²) in [6, 6.07) is 13.8. The number of cyclic esters (lactones) is 1. The summed E-state index contributed by atoms with van der Waals surface area (Å²) in [6.45, 7) is 2.59. The molecule has 180 valence electrons. The van der Waals surface area contributed by atoms with Crippen LogP contribution in [0.15, 0.2) is 59.0 Å². The van der Waals surface area contributed by atoms with E-state index in [0.29, 0.717) is 36.3 Å². The Bertz CT molecular complexity index is 1310. The van der Waals surface area contributed by atoms with Gasteiger partial charge in [-0.2, -0.15) is 0 Å². The maximum absolute atomic E-state index is 15.0. The molecule has 0 radical (unpaired) electrons. The highest BCUT2D eigenvalue weighted by Crippen LogP contribution is 2.30. The van der Waals surface area contributed by atoms with Gasteiger partial charge in [0.25, 0.3) is 5.91 Å². The normalized spacial score (nSPS) is 17.9. The molecule has 35 heavy (non-hydrogen) atoms. The highest BCUT2D eigenvalue weighted by molar-refractivity contribution is 5.96. The minimum Gasteiger partial charge on any atom is -0.451 e. The number of carbonyl (C=O) groups excluding carboxylic acids is 3. The first-order chi connectivity index (χ1) is 16.9. The van der Waals surface area contributed by atoms with Gasteiger partial charge in [-0.3, -0.25) is 14.5 Å². The van der Waals surface area contributed by atoms with Crippen LogP contribution in [0, 0.1) is 5.82 Å². The molecule has 0 aliphatic carbocycles. The van der Waals surface area contributed by atoms with Crippen molar-refractivity contribution in [2.75, 3.05) is 31.1 Å². The molecule has 8 nitrogen and oxygen atoms in total. The Hall–Kier alpha value is -4.14. The van der Waals surface area contributed by atoms with Gasteiger partial charge in [0.15, 0.2) is 5.76 Å². The third-order valence-corrected chi connectivity index (χ3v) is 6.20. The molecule has 0 spiro atoms. The van der Waals surface area contributed by atoms with E-state index >= 15 is 4.39 Å². The Labute approximate surface area is 200 Å². The summed E-state index contributed by atoms with van der Waals surface area (Å²) in [6.07, 6.45) is 1.26. The molecule has 1 fully saturated rings. The lowest BCUT2D eigenvalue weighted by Crippen LogP contribution is -2.34. The van der Waals surface area contributed by atoms with Crippen LogP contribution in [0.2, 0.25) is 0 Å². The number of para-hydroxylation sites is 1. The molecule has 1 saturated heterocycles. The molecule has 0 bridgehead atoms. The van der Waals surface area contributed by atoms with Crippen molar-refractivity contribution in [3.63, 3.8) is 0 Å². The lowest BCUT2D eigenvalue weighted by molar-refractivity contribution is -0.119. The quantitative estimate of drug-likeness (QED) is 0.601. The molecule has 0 saturated carbocycles. The van der Waals surface area contributed by atoms with E-state index in [-0.39, 0.29) is 30.7 Å². The predicted molar refractivity (Wildman–Crippen MR) is 127 cm³/mol. The Morgan fingerprint density at radius 1 is 1.17 bits per heavy atom. The van der Waals surface area contributed by atoms with Crippen LogP contribution in [0.3, 0.4) is 0 Å². The second-order valence-electron chi connectivity index (χ2n) is 8.60. The van der Waals surface area contributed by atoms with Crippen LogP contribution < -0.4 is 10.2 Å². The van der Waals surface area contributed by atoms with E-state index in [2.05, 4.69) is 5.32 Å². The number of fused-ring (bicyclic) bond motifs is 1. The first-order valence-electron chi connectivity index (χ1n) is 11.4. The number of hydrogen-bond donors (Lipinski definition) is 1. The molecule has 2 aliphatic heterocycles. The molecule has 2 aromatic carbocycles. The van der Waals surface area contributed by atoms with Crippen LogP contribution in [0.5, 0.6) is 0 Å². The van der Waals surface area contributed by atoms with E-state index in [1.807, 2.05) is 30.3 Å². The Balaban J connectivity index is 1.26. The number of anilines is 1. The Morgan fingerprint density at radius 2 is 2.00 bits per heavy atom. The number of benzene rings is 2. The molecule has 3 heterocycles. The first-order valence-corrected chi connectivity index (χ1v) is 11.4. The summed E-state index contributed by atoms with van der Waals surface area (Å²) < 4.78 is 26.0. The second-order valence-corrected chi connectivity index (χ2v) is 8.60. The third-order valence-electron chi connectivity index (χ3n) is 6.20. The fourth-order valence-corrected chi connectivity index (χ4v) is 4.37. The smallest absolute Gasteiger partial charge is 0.414 e. The van der Waals surface area contributed by atoms with E-state index in [4.69, 9.17) is 9.15 Å². The summed E-state index contributed by atoms with van der Waals surface area (Å²) in [4.78, 5) is 39.2. The van der Waals surface area contributed by atoms with Gasteiger partial charge in [-0.05, 0) is 42.3 Å². The van der Waals surface area contributed by atoms with Gasteiger partial charge < -0.3 is 19.4 Å². The molecule has 3 aromatic rings. The number of amides is 3. The molecule has 1 N–H and O–H groups in total. The maximum atomic E-state index is 15.0. The lowest BCUT2D eigenvalue weighted by Gasteiger charge is -2.26. The highest BCUT2D eigenvalue weighted by atomic mass is 19.1. The van der Waals surface area contributed by atoms with Crippen molar-refractivity contribution in [2.24, 2.45) is 0 Å². The van der Waals surface area contributed by atoms with Crippen molar-refractivity contribution in [2.45, 2.75) is 19.4 Å². The molecule has 1 aromatic heterocycles. The Kier molecular flexibility index (Phi) is 5.98. The van der Waals surface area contributed by atoms with Crippen molar-refractivity contribution >= 4 is 40.1 Å². The summed E-state index contributed by atoms with van der Waals surface area (Å²) in [5.74, 6) is -0.584. The van der Waals surface area contributed by atoms with Crippen molar-refractivity contribution in [3.8, 4) is 0 Å². The summed E-state index contributed by atoms with van der Waals surface area (Å²) in [5.41, 5.74) is 2.29. The van der Waals surface area contributed by atoms with Crippen molar-refractivity contribution in [1.29, 1.82) is 0 Å². The molecule has 3 amide bonds. The number of carbonyl (C=O) groups is 3. The fourth-order valence-electron chi connectivity index (χ4n) is 4.37. The number of ether oxygens (including phenoxy) is 1. The topological polar surface area (TPSA) is 92.1 Å². The number of rotatable bonds is 5. The van der Waals surface area contributed by atoms with Gasteiger partial charge in [-0.1, -0.05) is 24.3 Å². The molecule has 1 unspecified atom stereocenters. The van der Waals surface area contributed by atoms with Crippen LogP contribution in [0.25, 0.3) is 16.5 Å². The SMILES string of the molecule is CC(=O)NCC1CN(c2ccc(C3=CCN(C(=O)c4cc5ccccc5o4)CC3)c(F)c2)C(=O)O1. The van der Waals surface area contributed by atoms with Crippen molar-refractivity contribution in [1.82, 2.24) is 10.2 Å². The van der Waals surface area contributed by atoms with Crippen molar-refractivity contribution < 1.29 is 27.9 Å². The van der Waals surface area contributed by atoms with Gasteiger partial charge in [-0.15, -0.1) is 0 Å². The van der Waals surface area contributed by atoms with E-state index in [1.54, 1.807) is 23.1 Å². The van der Waals surface area contributed by atoms with Gasteiger partial charge in [0.05, 0.1) is 18.8 Å². The van der Waals surface area contributed by atoms with Crippen LogP contribution >= 0.6 is 0 Å². The number of hydrogen-bond acceptors (Lipinski definition) is 5. The molecule has 1 atom stereocenters. The van der Waals surface area contributed by atoms with Gasteiger partial charge in [0.1, 0.15) is 17.5 Å². The second kappa shape index (κ2) is 9.25. The molecule has 2 aliphatic rings. The summed E-state index contributed by atoms with van der Waals surface area (Å²) in [7, 11) is 0. The lowest BCUT2D eigenvalue weighted by atomic mass is 9.98. The molecule has 5 rings (SSSR count). The van der Waals surface area contributed by atoms with Gasteiger partial charge in [0, 0.05) is 31.0 Å². The maximum Gasteiger partial charge on any atom is 0.414 e. The zero-order chi connectivity index (χ0) is 24.5. The fraction of sp³-hybridized carbons (Fsp3) is 0.269. The number of nitrogens with zero attached hydrogens (tertiary/aromatic N) is 2. The minimum atomic E-state index is -0.580. The van der Waals surface area contributed by atoms with Gasteiger partial charge in [0.2, 0.25) is 5.91 Å². The van der Waals surface area contributed by atoms with E-state index in [0.717, 1.165) is 11.0 Å². The van der Waals surface area contributed by atoms with Crippen molar-refractivity contribution in [3.05, 3.63) is 71.7 Å². The number of nitrogens with one attached hydrogen (secondary N) is 1. The van der Waals surface area contributed by atoms with Gasteiger partial charge >= 0.3 is 6.09 Å². The summed E-state index contributed by atoms with van der Waals surface area (Å²) >= 11 is 0. The van der Waals surface area contributed by atoms with E-state index in [1.165, 1.54) is 17.9 Å². The average Bonchev–Trinajstić information content (AvgIpc) is 3.46. The minimum absolute atomic E-state index is 0.200. The van der Waals surface area contributed by atoms with E-state index in [9.17, 15) is 14.4 Å². The molecular formula is C26H24FN3O5. The van der Waals surface area contributed by atoms with Crippen LogP contribution in [-0.4, -0.2) is 55.1 Å². The average molecular weight is 477 g/mol. The highest BCUT2D eigenvalue weighted by Gasteiger charge is 2.33. The zero-order valence-electron chi connectivity index (χ0n) is 19.1. The van der Waals surface area contributed by atoms with Crippen LogP contribution in [0.4, 0.5) is 14.9 Å². The summed E-state index contributed by atoms with van der Waals surface area (Å²) in [5, 5.41) is 3.48. The zero-order valence-corrected chi connectivity index (χ0v) is 19.1. The van der Waals surface area contributed by atoms with Crippen LogP contribution in [0.1, 0.15) is 29.5 Å². The Morgan fingerprint density at radius 3 is 2.71 bits per heavy atom. The largest absolute Gasteiger partial charge is 0.451 e. The number of halogens is 1. The standard InChI is InChI=1S/C26H24FN3O5/c1-16(31)28-14-20-15-30(26(33)34-20)19-6-7-21(22(27)13-19)17-8-10-29(11-9-17)25(32)24-12-18-4-2-3-5-23(18)35-24/h2-8,12-13,20H,9-11,14-15H2,1H3,(H,28,31). The molecular weight excluding hydrogens is 453 g/mol. The predicted octanol–water partition coefficient (Wildman–Crippen LogP) is 3.96. The van der Waals surface area contributed by atoms with Crippen LogP contribution in [-0.2, 0) is 9.53 Å². The van der Waals surface area contributed by atoms with E-state index < -0.39 is 18.0 Å². The first kappa shape index (κ1) is 22.6. The van der Waals surface area contributed by atoms with Gasteiger partial charge in [-0.25, -0.2) is 9.18 Å². The third kappa shape index (κ3) is 4.62.